The SMILES string of the molecule is O=S(=O)(NC[C@@H](O)c1ccoc1)c1cc(Cl)ccc1Cl. The molecule has 8 heteroatoms. The summed E-state index contributed by atoms with van der Waals surface area (Å²) in [4.78, 5) is -0.133. The summed E-state index contributed by atoms with van der Waals surface area (Å²) < 4.78 is 31.3. The van der Waals surface area contributed by atoms with Gasteiger partial charge in [0.05, 0.1) is 23.7 Å². The van der Waals surface area contributed by atoms with Gasteiger partial charge in [-0.25, -0.2) is 13.1 Å². The van der Waals surface area contributed by atoms with Gasteiger partial charge in [-0.3, -0.25) is 0 Å². The second-order valence-electron chi connectivity index (χ2n) is 4.00. The molecule has 1 heterocycles. The maximum Gasteiger partial charge on any atom is 0.242 e. The van der Waals surface area contributed by atoms with E-state index in [2.05, 4.69) is 4.72 Å². The van der Waals surface area contributed by atoms with Crippen molar-refractivity contribution in [2.45, 2.75) is 11.0 Å². The number of furan rings is 1. The molecule has 0 saturated carbocycles. The fourth-order valence-corrected chi connectivity index (χ4v) is 3.33. The lowest BCUT2D eigenvalue weighted by atomic mass is 10.2. The Morgan fingerprint density at radius 2 is 2.05 bits per heavy atom. The standard InChI is InChI=1S/C12H11Cl2NO4S/c13-9-1-2-10(14)12(5-9)20(17,18)15-6-11(16)8-3-4-19-7-8/h1-5,7,11,15-16H,6H2/t11-/m1/s1. The summed E-state index contributed by atoms with van der Waals surface area (Å²) in [6, 6.07) is 5.68. The molecule has 2 N–H and O–H groups in total. The van der Waals surface area contributed by atoms with E-state index in [4.69, 9.17) is 27.6 Å². The van der Waals surface area contributed by atoms with Crippen molar-refractivity contribution in [3.63, 3.8) is 0 Å². The number of halogens is 2. The molecule has 0 amide bonds. The Morgan fingerprint density at radius 3 is 2.70 bits per heavy atom. The Balaban J connectivity index is 2.13. The van der Waals surface area contributed by atoms with Gasteiger partial charge in [0.15, 0.2) is 0 Å². The van der Waals surface area contributed by atoms with Gasteiger partial charge in [-0.15, -0.1) is 0 Å². The molecule has 2 aromatic rings. The Hall–Kier alpha value is -1.05. The highest BCUT2D eigenvalue weighted by molar-refractivity contribution is 7.89. The van der Waals surface area contributed by atoms with Crippen LogP contribution in [0.3, 0.4) is 0 Å². The molecule has 20 heavy (non-hydrogen) atoms. The molecule has 0 bridgehead atoms. The average Bonchev–Trinajstić information content (AvgIpc) is 2.93. The molecule has 0 aliphatic rings. The normalized spacial score (nSPS) is 13.3. The Bertz CT molecular complexity index is 685. The van der Waals surface area contributed by atoms with Crippen molar-refractivity contribution >= 4 is 33.2 Å². The molecule has 0 spiro atoms. The van der Waals surface area contributed by atoms with E-state index in [0.717, 1.165) is 0 Å². The van der Waals surface area contributed by atoms with Crippen LogP contribution in [0, 0.1) is 0 Å². The molecule has 1 atom stereocenters. The summed E-state index contributed by atoms with van der Waals surface area (Å²) in [6.45, 7) is -0.204. The zero-order valence-electron chi connectivity index (χ0n) is 10.1. The number of nitrogens with one attached hydrogen (secondary N) is 1. The largest absolute Gasteiger partial charge is 0.472 e. The van der Waals surface area contributed by atoms with Crippen molar-refractivity contribution in [2.75, 3.05) is 6.54 Å². The van der Waals surface area contributed by atoms with Crippen LogP contribution in [0.5, 0.6) is 0 Å². The summed E-state index contributed by atoms with van der Waals surface area (Å²) in [5.74, 6) is 0. The Labute approximate surface area is 126 Å². The first-order valence-electron chi connectivity index (χ1n) is 5.55. The molecule has 1 aromatic carbocycles. The van der Waals surface area contributed by atoms with Crippen LogP contribution in [-0.2, 0) is 10.0 Å². The lowest BCUT2D eigenvalue weighted by Crippen LogP contribution is -2.28. The molecule has 0 unspecified atom stereocenters. The van der Waals surface area contributed by atoms with Crippen molar-refractivity contribution in [2.24, 2.45) is 0 Å². The monoisotopic (exact) mass is 335 g/mol. The van der Waals surface area contributed by atoms with Crippen LogP contribution in [0.25, 0.3) is 0 Å². The summed E-state index contributed by atoms with van der Waals surface area (Å²) in [5.41, 5.74) is 0.477. The number of aliphatic hydroxyl groups is 1. The number of rotatable bonds is 5. The smallest absolute Gasteiger partial charge is 0.242 e. The van der Waals surface area contributed by atoms with Crippen LogP contribution in [0.1, 0.15) is 11.7 Å². The van der Waals surface area contributed by atoms with Gasteiger partial charge in [-0.2, -0.15) is 0 Å². The number of sulfonamides is 1. The maximum absolute atomic E-state index is 12.1. The fraction of sp³-hybridized carbons (Fsp3) is 0.167. The predicted molar refractivity (Wildman–Crippen MR) is 75.3 cm³/mol. The van der Waals surface area contributed by atoms with Gasteiger partial charge in [0, 0.05) is 17.1 Å². The quantitative estimate of drug-likeness (QED) is 0.880. The van der Waals surface area contributed by atoms with E-state index in [1.54, 1.807) is 6.07 Å². The lowest BCUT2D eigenvalue weighted by Gasteiger charge is -2.12. The summed E-state index contributed by atoms with van der Waals surface area (Å²) >= 11 is 11.6. The van der Waals surface area contributed by atoms with Crippen LogP contribution >= 0.6 is 23.2 Å². The predicted octanol–water partition coefficient (Wildman–Crippen LogP) is 2.60. The van der Waals surface area contributed by atoms with E-state index in [9.17, 15) is 13.5 Å². The zero-order valence-corrected chi connectivity index (χ0v) is 12.4. The molecule has 0 fully saturated rings. The summed E-state index contributed by atoms with van der Waals surface area (Å²) in [7, 11) is -3.86. The Kier molecular flexibility index (Phi) is 4.72. The molecule has 1 aromatic heterocycles. The van der Waals surface area contributed by atoms with Crippen LogP contribution in [0.15, 0.2) is 46.1 Å². The van der Waals surface area contributed by atoms with Crippen LogP contribution in [-0.4, -0.2) is 20.1 Å². The van der Waals surface area contributed by atoms with Crippen molar-refractivity contribution in [1.29, 1.82) is 0 Å². The van der Waals surface area contributed by atoms with Crippen molar-refractivity contribution in [1.82, 2.24) is 4.72 Å². The van der Waals surface area contributed by atoms with Gasteiger partial charge in [0.25, 0.3) is 0 Å². The molecule has 0 aliphatic carbocycles. The lowest BCUT2D eigenvalue weighted by molar-refractivity contribution is 0.181. The molecule has 0 aliphatic heterocycles. The second kappa shape index (κ2) is 6.15. The van der Waals surface area contributed by atoms with Crippen LogP contribution in [0.2, 0.25) is 10.0 Å². The van der Waals surface area contributed by atoms with E-state index in [-0.39, 0.29) is 21.5 Å². The van der Waals surface area contributed by atoms with Gasteiger partial charge in [-0.05, 0) is 24.3 Å². The van der Waals surface area contributed by atoms with Gasteiger partial charge >= 0.3 is 0 Å². The highest BCUT2D eigenvalue weighted by Crippen LogP contribution is 2.25. The van der Waals surface area contributed by atoms with Gasteiger partial charge in [-0.1, -0.05) is 23.2 Å². The summed E-state index contributed by atoms with van der Waals surface area (Å²) in [6.07, 6.45) is 1.72. The van der Waals surface area contributed by atoms with E-state index in [1.165, 1.54) is 30.7 Å². The summed E-state index contributed by atoms with van der Waals surface area (Å²) in [5, 5.41) is 10.1. The first-order chi connectivity index (χ1) is 9.40. The third-order valence-corrected chi connectivity index (χ3v) is 4.72. The molecular weight excluding hydrogens is 325 g/mol. The zero-order chi connectivity index (χ0) is 14.8. The number of benzene rings is 1. The molecule has 0 radical (unpaired) electrons. The van der Waals surface area contributed by atoms with E-state index in [0.29, 0.717) is 5.56 Å². The van der Waals surface area contributed by atoms with E-state index in [1.807, 2.05) is 0 Å². The minimum absolute atomic E-state index is 0.0553. The van der Waals surface area contributed by atoms with Crippen LogP contribution < -0.4 is 4.72 Å². The third kappa shape index (κ3) is 3.53. The third-order valence-electron chi connectivity index (χ3n) is 2.58. The topological polar surface area (TPSA) is 79.5 Å². The highest BCUT2D eigenvalue weighted by Gasteiger charge is 2.20. The van der Waals surface area contributed by atoms with Gasteiger partial charge in [0.1, 0.15) is 4.90 Å². The van der Waals surface area contributed by atoms with E-state index >= 15 is 0 Å². The molecule has 2 rings (SSSR count). The fourth-order valence-electron chi connectivity index (χ4n) is 1.53. The average molecular weight is 336 g/mol. The number of aliphatic hydroxyl groups excluding tert-OH is 1. The maximum atomic E-state index is 12.1. The van der Waals surface area contributed by atoms with Crippen molar-refractivity contribution in [3.8, 4) is 0 Å². The minimum atomic E-state index is -3.86. The molecule has 0 saturated heterocycles. The number of hydrogen-bond donors (Lipinski definition) is 2. The van der Waals surface area contributed by atoms with Gasteiger partial charge in [0.2, 0.25) is 10.0 Å². The molecule has 108 valence electrons. The minimum Gasteiger partial charge on any atom is -0.472 e. The van der Waals surface area contributed by atoms with Gasteiger partial charge < -0.3 is 9.52 Å². The van der Waals surface area contributed by atoms with Crippen molar-refractivity contribution in [3.05, 3.63) is 52.4 Å². The highest BCUT2D eigenvalue weighted by atomic mass is 35.5. The first-order valence-corrected chi connectivity index (χ1v) is 7.79. The first kappa shape index (κ1) is 15.3. The van der Waals surface area contributed by atoms with Crippen molar-refractivity contribution < 1.29 is 17.9 Å². The number of hydrogen-bond acceptors (Lipinski definition) is 4. The van der Waals surface area contributed by atoms with E-state index < -0.39 is 16.1 Å². The molecule has 5 nitrogen and oxygen atoms in total. The Morgan fingerprint density at radius 1 is 1.30 bits per heavy atom. The van der Waals surface area contributed by atoms with Crippen LogP contribution in [0.4, 0.5) is 0 Å². The molecular formula is C12H11Cl2NO4S. The second-order valence-corrected chi connectivity index (χ2v) is 6.58.